The Morgan fingerprint density at radius 1 is 1.32 bits per heavy atom. The van der Waals surface area contributed by atoms with Crippen molar-refractivity contribution >= 4 is 23.2 Å². The Bertz CT molecular complexity index is 624. The van der Waals surface area contributed by atoms with E-state index in [1.54, 1.807) is 11.3 Å². The van der Waals surface area contributed by atoms with Crippen LogP contribution < -0.4 is 10.6 Å². The zero-order chi connectivity index (χ0) is 17.5. The van der Waals surface area contributed by atoms with E-state index in [2.05, 4.69) is 28.2 Å². The third-order valence-electron chi connectivity index (χ3n) is 5.31. The summed E-state index contributed by atoms with van der Waals surface area (Å²) in [6, 6.07) is 4.14. The molecule has 5 heteroatoms. The van der Waals surface area contributed by atoms with Crippen molar-refractivity contribution < 1.29 is 9.59 Å². The van der Waals surface area contributed by atoms with Crippen molar-refractivity contribution in [3.05, 3.63) is 34.0 Å². The number of rotatable bonds is 8. The molecule has 0 radical (unpaired) electrons. The Morgan fingerprint density at radius 2 is 2.24 bits per heavy atom. The van der Waals surface area contributed by atoms with Crippen molar-refractivity contribution in [2.75, 3.05) is 6.54 Å². The van der Waals surface area contributed by atoms with Gasteiger partial charge in [-0.1, -0.05) is 17.7 Å². The summed E-state index contributed by atoms with van der Waals surface area (Å²) in [5.41, 5.74) is 1.24. The molecule has 1 unspecified atom stereocenters. The Labute approximate surface area is 154 Å². The number of hydrogen-bond donors (Lipinski definition) is 2. The Morgan fingerprint density at radius 3 is 2.92 bits per heavy atom. The van der Waals surface area contributed by atoms with Gasteiger partial charge in [0.25, 0.3) is 0 Å². The van der Waals surface area contributed by atoms with E-state index in [4.69, 9.17) is 0 Å². The van der Waals surface area contributed by atoms with Gasteiger partial charge in [0.2, 0.25) is 11.8 Å². The summed E-state index contributed by atoms with van der Waals surface area (Å²) >= 11 is 1.72. The highest BCUT2D eigenvalue weighted by atomic mass is 32.1. The van der Waals surface area contributed by atoms with Gasteiger partial charge in [-0.05, 0) is 56.4 Å². The number of carbonyl (C=O) groups excluding carboxylic acids is 2. The molecule has 1 atom stereocenters. The molecule has 0 spiro atoms. The number of thiophene rings is 1. The molecule has 1 aliphatic heterocycles. The van der Waals surface area contributed by atoms with E-state index in [0.717, 1.165) is 25.8 Å². The topological polar surface area (TPSA) is 58.2 Å². The quantitative estimate of drug-likeness (QED) is 0.694. The predicted molar refractivity (Wildman–Crippen MR) is 102 cm³/mol. The average Bonchev–Trinajstić information content (AvgIpc) is 3.25. The lowest BCUT2D eigenvalue weighted by molar-refractivity contribution is -0.122. The van der Waals surface area contributed by atoms with Gasteiger partial charge in [0, 0.05) is 36.2 Å². The van der Waals surface area contributed by atoms with Gasteiger partial charge in [0.05, 0.1) is 0 Å². The number of nitrogens with one attached hydrogen (secondary N) is 2. The van der Waals surface area contributed by atoms with E-state index in [0.29, 0.717) is 19.3 Å². The SMILES string of the molecule is O=C(CCC1(Cc2cccs2)CCC(=O)N1)NCCC1=CCCCC1. The number of allylic oxidation sites excluding steroid dienone is 1. The smallest absolute Gasteiger partial charge is 0.220 e. The normalized spacial score (nSPS) is 23.2. The largest absolute Gasteiger partial charge is 0.356 e. The van der Waals surface area contributed by atoms with Crippen LogP contribution in [0.5, 0.6) is 0 Å². The van der Waals surface area contributed by atoms with E-state index in [-0.39, 0.29) is 17.4 Å². The van der Waals surface area contributed by atoms with Crippen molar-refractivity contribution in [3.63, 3.8) is 0 Å². The minimum Gasteiger partial charge on any atom is -0.356 e. The van der Waals surface area contributed by atoms with E-state index in [1.807, 2.05) is 6.07 Å². The molecular formula is C20H28N2O2S. The number of amides is 2. The summed E-state index contributed by atoms with van der Waals surface area (Å²) in [7, 11) is 0. The van der Waals surface area contributed by atoms with Gasteiger partial charge in [-0.15, -0.1) is 11.3 Å². The second kappa shape index (κ2) is 8.65. The van der Waals surface area contributed by atoms with Crippen LogP contribution in [-0.4, -0.2) is 23.9 Å². The van der Waals surface area contributed by atoms with Crippen LogP contribution in [0.3, 0.4) is 0 Å². The maximum absolute atomic E-state index is 12.2. The fourth-order valence-electron chi connectivity index (χ4n) is 3.86. The molecule has 3 rings (SSSR count). The molecule has 1 aromatic rings. The van der Waals surface area contributed by atoms with Gasteiger partial charge >= 0.3 is 0 Å². The minimum absolute atomic E-state index is 0.100. The fraction of sp³-hybridized carbons (Fsp3) is 0.600. The maximum Gasteiger partial charge on any atom is 0.220 e. The third-order valence-corrected chi connectivity index (χ3v) is 6.19. The fourth-order valence-corrected chi connectivity index (χ4v) is 4.71. The van der Waals surface area contributed by atoms with Crippen LogP contribution in [0.15, 0.2) is 29.2 Å². The van der Waals surface area contributed by atoms with E-state index in [1.165, 1.54) is 36.1 Å². The van der Waals surface area contributed by atoms with Gasteiger partial charge in [-0.3, -0.25) is 9.59 Å². The second-order valence-corrected chi connectivity index (χ2v) is 8.32. The molecule has 0 saturated carbocycles. The first-order valence-corrected chi connectivity index (χ1v) is 10.3. The molecule has 2 heterocycles. The first-order valence-electron chi connectivity index (χ1n) is 9.43. The van der Waals surface area contributed by atoms with Crippen LogP contribution in [0.25, 0.3) is 0 Å². The molecular weight excluding hydrogens is 332 g/mol. The molecule has 0 aromatic carbocycles. The maximum atomic E-state index is 12.2. The van der Waals surface area contributed by atoms with Crippen LogP contribution >= 0.6 is 11.3 Å². The van der Waals surface area contributed by atoms with Crippen molar-refractivity contribution in [2.45, 2.75) is 69.7 Å². The Hall–Kier alpha value is -1.62. The summed E-state index contributed by atoms with van der Waals surface area (Å²) in [4.78, 5) is 25.3. The summed E-state index contributed by atoms with van der Waals surface area (Å²) in [5, 5.41) is 8.26. The van der Waals surface area contributed by atoms with Gasteiger partial charge < -0.3 is 10.6 Å². The van der Waals surface area contributed by atoms with Crippen LogP contribution in [0.1, 0.15) is 62.7 Å². The molecule has 1 fully saturated rings. The number of carbonyl (C=O) groups is 2. The molecule has 1 aromatic heterocycles. The Kier molecular flexibility index (Phi) is 6.29. The standard InChI is InChI=1S/C20H28N2O2S/c23-18(21-13-10-16-5-2-1-3-6-16)8-11-20(12-9-19(24)22-20)15-17-7-4-14-25-17/h4-5,7,14H,1-3,6,8-13,15H2,(H,21,23)(H,22,24). The summed E-state index contributed by atoms with van der Waals surface area (Å²) in [6.07, 6.45) is 11.7. The molecule has 25 heavy (non-hydrogen) atoms. The highest BCUT2D eigenvalue weighted by Crippen LogP contribution is 2.31. The highest BCUT2D eigenvalue weighted by molar-refractivity contribution is 7.09. The lowest BCUT2D eigenvalue weighted by Gasteiger charge is -2.28. The lowest BCUT2D eigenvalue weighted by atomic mass is 9.87. The minimum atomic E-state index is -0.245. The average molecular weight is 361 g/mol. The monoisotopic (exact) mass is 360 g/mol. The zero-order valence-corrected chi connectivity index (χ0v) is 15.6. The lowest BCUT2D eigenvalue weighted by Crippen LogP contribution is -2.44. The van der Waals surface area contributed by atoms with Gasteiger partial charge in [0.1, 0.15) is 0 Å². The van der Waals surface area contributed by atoms with Crippen LogP contribution in [0.4, 0.5) is 0 Å². The van der Waals surface area contributed by atoms with Crippen molar-refractivity contribution in [2.24, 2.45) is 0 Å². The summed E-state index contributed by atoms with van der Waals surface area (Å²) in [5.74, 6) is 0.212. The van der Waals surface area contributed by atoms with Crippen LogP contribution in [-0.2, 0) is 16.0 Å². The summed E-state index contributed by atoms with van der Waals surface area (Å²) in [6.45, 7) is 0.731. The van der Waals surface area contributed by atoms with E-state index >= 15 is 0 Å². The first kappa shape index (κ1) is 18.2. The van der Waals surface area contributed by atoms with Crippen molar-refractivity contribution in [1.82, 2.24) is 10.6 Å². The Balaban J connectivity index is 1.45. The van der Waals surface area contributed by atoms with Gasteiger partial charge in [-0.2, -0.15) is 0 Å². The second-order valence-electron chi connectivity index (χ2n) is 7.29. The summed E-state index contributed by atoms with van der Waals surface area (Å²) < 4.78 is 0. The first-order chi connectivity index (χ1) is 12.2. The molecule has 2 aliphatic rings. The predicted octanol–water partition coefficient (Wildman–Crippen LogP) is 3.73. The van der Waals surface area contributed by atoms with E-state index in [9.17, 15) is 9.59 Å². The molecule has 4 nitrogen and oxygen atoms in total. The van der Waals surface area contributed by atoms with E-state index < -0.39 is 0 Å². The van der Waals surface area contributed by atoms with Crippen molar-refractivity contribution in [1.29, 1.82) is 0 Å². The highest BCUT2D eigenvalue weighted by Gasteiger charge is 2.38. The van der Waals surface area contributed by atoms with Gasteiger partial charge in [0.15, 0.2) is 0 Å². The molecule has 1 saturated heterocycles. The molecule has 2 N–H and O–H groups in total. The number of hydrogen-bond acceptors (Lipinski definition) is 3. The third kappa shape index (κ3) is 5.43. The van der Waals surface area contributed by atoms with Crippen LogP contribution in [0, 0.1) is 0 Å². The molecule has 136 valence electrons. The molecule has 2 amide bonds. The molecule has 1 aliphatic carbocycles. The molecule has 0 bridgehead atoms. The van der Waals surface area contributed by atoms with Crippen LogP contribution in [0.2, 0.25) is 0 Å². The van der Waals surface area contributed by atoms with Crippen molar-refractivity contribution in [3.8, 4) is 0 Å². The zero-order valence-electron chi connectivity index (χ0n) is 14.8. The van der Waals surface area contributed by atoms with Gasteiger partial charge in [-0.25, -0.2) is 0 Å².